The van der Waals surface area contributed by atoms with Crippen molar-refractivity contribution in [1.82, 2.24) is 4.90 Å². The van der Waals surface area contributed by atoms with E-state index in [1.807, 2.05) is 4.90 Å². The molecule has 1 atom stereocenters. The molecule has 0 saturated carbocycles. The van der Waals surface area contributed by atoms with Crippen LogP contribution in [0.2, 0.25) is 5.02 Å². The molecule has 1 aliphatic heterocycles. The highest BCUT2D eigenvalue weighted by Crippen LogP contribution is 2.23. The van der Waals surface area contributed by atoms with Gasteiger partial charge in [-0.15, -0.1) is 0 Å². The average molecular weight is 404 g/mol. The van der Waals surface area contributed by atoms with E-state index in [1.54, 1.807) is 36.4 Å². The second kappa shape index (κ2) is 9.55. The summed E-state index contributed by atoms with van der Waals surface area (Å²) in [7, 11) is 0. The molecule has 1 N–H and O–H groups in total. The number of rotatable bonds is 6. The highest BCUT2D eigenvalue weighted by atomic mass is 35.5. The summed E-state index contributed by atoms with van der Waals surface area (Å²) in [6.45, 7) is 1.84. The van der Waals surface area contributed by atoms with Crippen molar-refractivity contribution in [2.45, 2.75) is 25.3 Å². The van der Waals surface area contributed by atoms with Crippen molar-refractivity contribution in [2.24, 2.45) is 0 Å². The van der Waals surface area contributed by atoms with E-state index in [4.69, 9.17) is 11.6 Å². The number of hydrogen-bond donors (Lipinski definition) is 1. The van der Waals surface area contributed by atoms with E-state index in [-0.39, 0.29) is 17.9 Å². The Morgan fingerprint density at radius 3 is 2.54 bits per heavy atom. The second-order valence-corrected chi connectivity index (χ2v) is 7.24. The zero-order valence-corrected chi connectivity index (χ0v) is 16.2. The molecule has 7 heteroatoms. The Balaban J connectivity index is 1.69. The first-order chi connectivity index (χ1) is 13.6. The van der Waals surface area contributed by atoms with Gasteiger partial charge in [-0.3, -0.25) is 0 Å². The zero-order chi connectivity index (χ0) is 19.9. The Morgan fingerprint density at radius 2 is 1.86 bits per heavy atom. The van der Waals surface area contributed by atoms with E-state index in [0.29, 0.717) is 36.8 Å². The number of carbonyl (C=O) groups is 2. The minimum atomic E-state index is -0.271. The smallest absolute Gasteiger partial charge is 0.322 e. The van der Waals surface area contributed by atoms with Crippen molar-refractivity contribution < 1.29 is 14.0 Å². The van der Waals surface area contributed by atoms with E-state index in [9.17, 15) is 14.0 Å². The number of amides is 2. The van der Waals surface area contributed by atoms with Gasteiger partial charge in [0, 0.05) is 42.5 Å². The molecule has 2 aromatic rings. The number of nitrogens with one attached hydrogen (secondary N) is 1. The fourth-order valence-corrected chi connectivity index (χ4v) is 3.55. The molecule has 0 spiro atoms. The van der Waals surface area contributed by atoms with E-state index < -0.39 is 0 Å². The number of urea groups is 1. The lowest BCUT2D eigenvalue weighted by molar-refractivity contribution is -0.108. The molecule has 5 nitrogen and oxygen atoms in total. The average Bonchev–Trinajstić information content (AvgIpc) is 2.70. The monoisotopic (exact) mass is 403 g/mol. The Bertz CT molecular complexity index is 798. The lowest BCUT2D eigenvalue weighted by Gasteiger charge is -2.42. The molecule has 0 radical (unpaired) electrons. The number of hydrogen-bond acceptors (Lipinski definition) is 3. The van der Waals surface area contributed by atoms with Crippen LogP contribution < -0.4 is 10.2 Å². The minimum absolute atomic E-state index is 0.0361. The zero-order valence-electron chi connectivity index (χ0n) is 15.5. The van der Waals surface area contributed by atoms with Crippen LogP contribution >= 0.6 is 11.6 Å². The predicted octanol–water partition coefficient (Wildman–Crippen LogP) is 4.57. The van der Waals surface area contributed by atoms with Crippen LogP contribution in [0.3, 0.4) is 0 Å². The van der Waals surface area contributed by atoms with Crippen LogP contribution in [0, 0.1) is 5.82 Å². The summed E-state index contributed by atoms with van der Waals surface area (Å²) in [5, 5.41) is 3.52. The molecule has 1 aliphatic rings. The van der Waals surface area contributed by atoms with Crippen molar-refractivity contribution in [1.29, 1.82) is 0 Å². The van der Waals surface area contributed by atoms with Crippen LogP contribution in [0.1, 0.15) is 19.3 Å². The van der Waals surface area contributed by atoms with Gasteiger partial charge in [-0.2, -0.15) is 0 Å². The Labute approximate surface area is 169 Å². The maximum atomic E-state index is 13.2. The standard InChI is InChI=1S/C21H23ClFN3O2/c22-16-4-8-18(9-5-16)24-21(28)26-13-12-25(15-20(26)3-1-2-14-27)19-10-6-17(23)7-11-19/h4-11,14,20H,1-3,12-13,15H2,(H,24,28). The molecule has 0 aromatic heterocycles. The summed E-state index contributed by atoms with van der Waals surface area (Å²) < 4.78 is 13.2. The largest absolute Gasteiger partial charge is 0.368 e. The van der Waals surface area contributed by atoms with Gasteiger partial charge in [0.1, 0.15) is 12.1 Å². The molecule has 148 valence electrons. The quantitative estimate of drug-likeness (QED) is 0.567. The van der Waals surface area contributed by atoms with Crippen LogP contribution in [0.15, 0.2) is 48.5 Å². The number of nitrogens with zero attached hydrogens (tertiary/aromatic N) is 2. The van der Waals surface area contributed by atoms with Gasteiger partial charge in [0.25, 0.3) is 0 Å². The van der Waals surface area contributed by atoms with Gasteiger partial charge in [-0.1, -0.05) is 11.6 Å². The first kappa shape index (κ1) is 20.1. The predicted molar refractivity (Wildman–Crippen MR) is 109 cm³/mol. The second-order valence-electron chi connectivity index (χ2n) is 6.80. The van der Waals surface area contributed by atoms with Gasteiger partial charge in [-0.05, 0) is 61.4 Å². The van der Waals surface area contributed by atoms with Crippen molar-refractivity contribution >= 4 is 35.3 Å². The molecule has 2 amide bonds. The third-order valence-corrected chi connectivity index (χ3v) is 5.14. The molecule has 3 rings (SSSR count). The molecule has 1 fully saturated rings. The normalized spacial score (nSPS) is 16.7. The lowest BCUT2D eigenvalue weighted by atomic mass is 10.0. The van der Waals surface area contributed by atoms with Crippen LogP contribution in [-0.4, -0.2) is 42.9 Å². The third kappa shape index (κ3) is 5.23. The van der Waals surface area contributed by atoms with E-state index in [1.165, 1.54) is 12.1 Å². The first-order valence-electron chi connectivity index (χ1n) is 9.34. The van der Waals surface area contributed by atoms with Crippen LogP contribution in [0.25, 0.3) is 0 Å². The van der Waals surface area contributed by atoms with Gasteiger partial charge < -0.3 is 19.9 Å². The fraction of sp³-hybridized carbons (Fsp3) is 0.333. The number of aldehydes is 1. The van der Waals surface area contributed by atoms with Gasteiger partial charge in [-0.25, -0.2) is 9.18 Å². The van der Waals surface area contributed by atoms with Crippen molar-refractivity contribution in [3.8, 4) is 0 Å². The highest BCUT2D eigenvalue weighted by molar-refractivity contribution is 6.30. The summed E-state index contributed by atoms with van der Waals surface area (Å²) in [4.78, 5) is 27.5. The summed E-state index contributed by atoms with van der Waals surface area (Å²) >= 11 is 5.89. The number of anilines is 2. The van der Waals surface area contributed by atoms with Crippen LogP contribution in [-0.2, 0) is 4.79 Å². The molecule has 1 saturated heterocycles. The van der Waals surface area contributed by atoms with Crippen LogP contribution in [0.4, 0.5) is 20.6 Å². The molecule has 1 unspecified atom stereocenters. The summed E-state index contributed by atoms with van der Waals surface area (Å²) in [6, 6.07) is 13.2. The highest BCUT2D eigenvalue weighted by Gasteiger charge is 2.30. The molecule has 0 aliphatic carbocycles. The third-order valence-electron chi connectivity index (χ3n) is 4.89. The first-order valence-corrected chi connectivity index (χ1v) is 9.72. The summed E-state index contributed by atoms with van der Waals surface area (Å²) in [5.41, 5.74) is 1.61. The van der Waals surface area contributed by atoms with Crippen LogP contribution in [0.5, 0.6) is 0 Å². The number of halogens is 2. The topological polar surface area (TPSA) is 52.7 Å². The van der Waals surface area contributed by atoms with Crippen molar-refractivity contribution in [3.05, 3.63) is 59.4 Å². The number of carbonyl (C=O) groups excluding carboxylic acids is 2. The van der Waals surface area contributed by atoms with E-state index in [0.717, 1.165) is 24.8 Å². The molecule has 0 bridgehead atoms. The van der Waals surface area contributed by atoms with Gasteiger partial charge >= 0.3 is 6.03 Å². The summed E-state index contributed by atoms with van der Waals surface area (Å²) in [5.74, 6) is -0.271. The molecule has 1 heterocycles. The molecule has 28 heavy (non-hydrogen) atoms. The number of benzene rings is 2. The SMILES string of the molecule is O=CCCCC1CN(c2ccc(F)cc2)CCN1C(=O)Nc1ccc(Cl)cc1. The van der Waals surface area contributed by atoms with Crippen molar-refractivity contribution in [3.63, 3.8) is 0 Å². The fourth-order valence-electron chi connectivity index (χ4n) is 3.42. The summed E-state index contributed by atoms with van der Waals surface area (Å²) in [6.07, 6.45) is 2.82. The van der Waals surface area contributed by atoms with E-state index in [2.05, 4.69) is 10.2 Å². The Hall–Kier alpha value is -2.60. The maximum Gasteiger partial charge on any atom is 0.322 e. The molecular formula is C21H23ClFN3O2. The van der Waals surface area contributed by atoms with Gasteiger partial charge in [0.15, 0.2) is 0 Å². The van der Waals surface area contributed by atoms with Gasteiger partial charge in [0.05, 0.1) is 6.04 Å². The number of unbranched alkanes of at least 4 members (excludes halogenated alkanes) is 1. The molecule has 2 aromatic carbocycles. The molecular weight excluding hydrogens is 381 g/mol. The Morgan fingerprint density at radius 1 is 1.14 bits per heavy atom. The number of piperazine rings is 1. The van der Waals surface area contributed by atoms with E-state index >= 15 is 0 Å². The van der Waals surface area contributed by atoms with Crippen molar-refractivity contribution in [2.75, 3.05) is 29.9 Å². The minimum Gasteiger partial charge on any atom is -0.368 e. The van der Waals surface area contributed by atoms with Gasteiger partial charge in [0.2, 0.25) is 0 Å². The lowest BCUT2D eigenvalue weighted by Crippen LogP contribution is -2.56. The maximum absolute atomic E-state index is 13.2. The Kier molecular flexibility index (Phi) is 6.87.